The van der Waals surface area contributed by atoms with Gasteiger partial charge in [0.1, 0.15) is 19.8 Å². The summed E-state index contributed by atoms with van der Waals surface area (Å²) in [7, 11) is 1.51. The normalized spacial score (nSPS) is 13.0. The molecule has 0 heterocycles. The smallest absolute Gasteiger partial charge is 0.462 e. The van der Waals surface area contributed by atoms with E-state index in [1.54, 1.807) is 0 Å². The Morgan fingerprint density at radius 2 is 0.543 bits per heavy atom. The van der Waals surface area contributed by atoms with E-state index >= 15 is 0 Å². The molecule has 0 aliphatic carbocycles. The Morgan fingerprint density at radius 1 is 0.319 bits per heavy atom. The second kappa shape index (κ2) is 75.7. The van der Waals surface area contributed by atoms with Crippen LogP contribution in [0.4, 0.5) is 0 Å². The van der Waals surface area contributed by atoms with Gasteiger partial charge in [0.05, 0.1) is 27.7 Å². The van der Waals surface area contributed by atoms with Gasteiger partial charge in [-0.2, -0.15) is 0 Å². The molecule has 0 radical (unpaired) electrons. The monoisotopic (exact) mass is 1350 g/mol. The highest BCUT2D eigenvalue weighted by Gasteiger charge is 2.27. The van der Waals surface area contributed by atoms with E-state index < -0.39 is 26.5 Å². The van der Waals surface area contributed by atoms with Gasteiger partial charge in [0, 0.05) is 12.8 Å². The third-order valence-corrected chi connectivity index (χ3v) is 20.4. The number of nitrogens with zero attached hydrogens (tertiary/aromatic N) is 1. The van der Waals surface area contributed by atoms with Crippen molar-refractivity contribution < 1.29 is 42.1 Å². The lowest BCUT2D eigenvalue weighted by molar-refractivity contribution is -0.870. The number of phosphoric ester groups is 1. The number of allylic oxidation sites excluding steroid dienone is 4. The number of esters is 2. The van der Waals surface area contributed by atoms with Crippen LogP contribution >= 0.6 is 7.82 Å². The number of quaternary nitrogens is 1. The molecule has 0 aromatic carbocycles. The molecule has 0 aromatic rings. The number of hydrogen-bond acceptors (Lipinski definition) is 7. The van der Waals surface area contributed by atoms with Crippen LogP contribution in [0.5, 0.6) is 0 Å². The Morgan fingerprint density at radius 3 is 0.787 bits per heavy atom. The number of unbranched alkanes of at least 4 members (excludes halogenated alkanes) is 62. The fraction of sp³-hybridized carbons (Fsp3) is 0.929. The second-order valence-electron chi connectivity index (χ2n) is 30.2. The second-order valence-corrected chi connectivity index (χ2v) is 31.7. The van der Waals surface area contributed by atoms with Crippen molar-refractivity contribution in [1.29, 1.82) is 0 Å². The van der Waals surface area contributed by atoms with Crippen molar-refractivity contribution in [3.63, 3.8) is 0 Å². The standard InChI is InChI=1S/C84H164NO8P/c1-6-8-10-12-14-16-18-20-22-24-26-28-30-32-34-36-38-40-42-44-46-48-50-52-54-56-58-60-62-64-66-68-70-72-74-76-83(86)90-80-82(81-92-94(88,89)91-79-78-85(3,4)5)93-84(87)77-75-73-71-69-67-65-63-61-59-57-55-53-51-49-47-45-43-41-39-37-35-33-31-29-27-25-23-21-19-17-15-13-11-9-7-2/h24-27,82H,6-23,28-81H2,1-5H3/p+1/b26-24-,27-25-. The molecule has 0 amide bonds. The van der Waals surface area contributed by atoms with Crippen LogP contribution in [-0.2, 0) is 32.7 Å². The van der Waals surface area contributed by atoms with Crippen molar-refractivity contribution in [2.75, 3.05) is 47.5 Å². The third kappa shape index (κ3) is 79.5. The molecule has 1 N–H and O–H groups in total. The summed E-state index contributed by atoms with van der Waals surface area (Å²) >= 11 is 0. The van der Waals surface area contributed by atoms with E-state index in [2.05, 4.69) is 38.2 Å². The van der Waals surface area contributed by atoms with Gasteiger partial charge in [-0.3, -0.25) is 18.6 Å². The molecule has 2 atom stereocenters. The molecule has 0 aliphatic rings. The molecule has 0 saturated carbocycles. The maximum atomic E-state index is 12.9. The van der Waals surface area contributed by atoms with Crippen LogP contribution in [0.25, 0.3) is 0 Å². The number of carbonyl (C=O) groups is 2. The van der Waals surface area contributed by atoms with Gasteiger partial charge < -0.3 is 18.9 Å². The van der Waals surface area contributed by atoms with Crippen LogP contribution in [0.1, 0.15) is 450 Å². The van der Waals surface area contributed by atoms with Crippen molar-refractivity contribution in [2.24, 2.45) is 0 Å². The molecule has 2 unspecified atom stereocenters. The summed E-state index contributed by atoms with van der Waals surface area (Å²) in [5.74, 6) is -0.767. The minimum Gasteiger partial charge on any atom is -0.462 e. The average molecular weight is 1350 g/mol. The molecule has 0 aromatic heterocycles. The Kier molecular flexibility index (Phi) is 74.5. The fourth-order valence-corrected chi connectivity index (χ4v) is 13.8. The van der Waals surface area contributed by atoms with Gasteiger partial charge in [-0.1, -0.05) is 398 Å². The molecular formula is C84H165NO8P+. The molecule has 0 bridgehead atoms. The zero-order valence-electron chi connectivity index (χ0n) is 64.0. The number of likely N-dealkylation sites (N-methyl/N-ethyl adjacent to an activating group) is 1. The van der Waals surface area contributed by atoms with Gasteiger partial charge in [0.15, 0.2) is 6.10 Å². The molecule has 94 heavy (non-hydrogen) atoms. The molecule has 0 aliphatic heterocycles. The Bertz CT molecular complexity index is 1630. The van der Waals surface area contributed by atoms with Gasteiger partial charge in [0.25, 0.3) is 0 Å². The maximum Gasteiger partial charge on any atom is 0.472 e. The van der Waals surface area contributed by atoms with Crippen LogP contribution in [0, 0.1) is 0 Å². The third-order valence-electron chi connectivity index (χ3n) is 19.5. The fourth-order valence-electron chi connectivity index (χ4n) is 13.0. The first kappa shape index (κ1) is 92.5. The number of hydrogen-bond donors (Lipinski definition) is 1. The molecule has 10 heteroatoms. The lowest BCUT2D eigenvalue weighted by Crippen LogP contribution is -2.37. The van der Waals surface area contributed by atoms with Gasteiger partial charge in [-0.15, -0.1) is 0 Å². The van der Waals surface area contributed by atoms with E-state index in [0.717, 1.165) is 38.5 Å². The lowest BCUT2D eigenvalue weighted by Gasteiger charge is -2.24. The van der Waals surface area contributed by atoms with Crippen LogP contribution in [0.2, 0.25) is 0 Å². The van der Waals surface area contributed by atoms with Crippen molar-refractivity contribution in [1.82, 2.24) is 0 Å². The first-order chi connectivity index (χ1) is 46.0. The highest BCUT2D eigenvalue weighted by molar-refractivity contribution is 7.47. The highest BCUT2D eigenvalue weighted by atomic mass is 31.2. The van der Waals surface area contributed by atoms with Gasteiger partial charge in [-0.05, 0) is 64.2 Å². The number of rotatable bonds is 80. The molecule has 0 fully saturated rings. The highest BCUT2D eigenvalue weighted by Crippen LogP contribution is 2.43. The molecule has 9 nitrogen and oxygen atoms in total. The van der Waals surface area contributed by atoms with Crippen molar-refractivity contribution in [3.8, 4) is 0 Å². The first-order valence-corrected chi connectivity index (χ1v) is 43.6. The van der Waals surface area contributed by atoms with Gasteiger partial charge >= 0.3 is 19.8 Å². The minimum atomic E-state index is -4.39. The van der Waals surface area contributed by atoms with E-state index in [4.69, 9.17) is 18.5 Å². The van der Waals surface area contributed by atoms with Crippen molar-refractivity contribution in [3.05, 3.63) is 24.3 Å². The van der Waals surface area contributed by atoms with Crippen molar-refractivity contribution in [2.45, 2.75) is 457 Å². The summed E-state index contributed by atoms with van der Waals surface area (Å²) in [6.45, 7) is 4.53. The zero-order chi connectivity index (χ0) is 68.3. The quantitative estimate of drug-likeness (QED) is 0.0211. The Balaban J connectivity index is 3.87. The summed E-state index contributed by atoms with van der Waals surface area (Å²) in [6.07, 6.45) is 97.8. The topological polar surface area (TPSA) is 108 Å². The summed E-state index contributed by atoms with van der Waals surface area (Å²) in [5.41, 5.74) is 0. The maximum absolute atomic E-state index is 12.9. The van der Waals surface area contributed by atoms with E-state index in [9.17, 15) is 19.0 Å². The van der Waals surface area contributed by atoms with E-state index in [-0.39, 0.29) is 25.6 Å². The zero-order valence-corrected chi connectivity index (χ0v) is 64.9. The molecule has 0 saturated heterocycles. The van der Waals surface area contributed by atoms with Crippen LogP contribution in [-0.4, -0.2) is 74.9 Å². The number of phosphoric acid groups is 1. The Labute approximate surface area is 587 Å². The summed E-state index contributed by atoms with van der Waals surface area (Å²) in [6, 6.07) is 0. The van der Waals surface area contributed by atoms with Crippen LogP contribution in [0.3, 0.4) is 0 Å². The lowest BCUT2D eigenvalue weighted by atomic mass is 10.0. The van der Waals surface area contributed by atoms with Gasteiger partial charge in [-0.25, -0.2) is 4.57 Å². The first-order valence-electron chi connectivity index (χ1n) is 42.1. The number of ether oxygens (including phenoxy) is 2. The average Bonchev–Trinajstić information content (AvgIpc) is 2.35. The summed E-state index contributed by atoms with van der Waals surface area (Å²) in [4.78, 5) is 36.0. The SMILES string of the molecule is CCCCCCCCCC/C=C\CCCCCCCCCCCCCCCCCCCCCCCCCC(=O)OCC(COP(=O)(O)OCC[N+](C)(C)C)OC(=O)CCCCCCCCCCCCCCCCCCCCCCCCC/C=C\CCCCCCCCCC. The minimum absolute atomic E-state index is 0.0363. The number of carbonyl (C=O) groups excluding carboxylic acids is 2. The van der Waals surface area contributed by atoms with E-state index in [0.29, 0.717) is 17.4 Å². The molecule has 558 valence electrons. The molecule has 0 spiro atoms. The molecular weight excluding hydrogens is 1180 g/mol. The predicted octanol–water partition coefficient (Wildman–Crippen LogP) is 28.0. The predicted molar refractivity (Wildman–Crippen MR) is 409 cm³/mol. The largest absolute Gasteiger partial charge is 0.472 e. The Hall–Kier alpha value is -1.51. The van der Waals surface area contributed by atoms with E-state index in [1.807, 2.05) is 21.1 Å². The van der Waals surface area contributed by atoms with Crippen LogP contribution < -0.4 is 0 Å². The van der Waals surface area contributed by atoms with Gasteiger partial charge in [0.2, 0.25) is 0 Å². The molecule has 0 rings (SSSR count). The summed E-state index contributed by atoms with van der Waals surface area (Å²) < 4.78 is 34.9. The summed E-state index contributed by atoms with van der Waals surface area (Å²) in [5, 5.41) is 0. The van der Waals surface area contributed by atoms with Crippen molar-refractivity contribution >= 4 is 19.8 Å². The van der Waals surface area contributed by atoms with E-state index in [1.165, 1.54) is 385 Å². The van der Waals surface area contributed by atoms with Crippen LogP contribution in [0.15, 0.2) is 24.3 Å².